The van der Waals surface area contributed by atoms with Crippen LogP contribution >= 0.6 is 39.1 Å². The van der Waals surface area contributed by atoms with E-state index in [1.54, 1.807) is 30.3 Å². The average molecular weight is 364 g/mol. The summed E-state index contributed by atoms with van der Waals surface area (Å²) >= 11 is 15.0. The summed E-state index contributed by atoms with van der Waals surface area (Å²) in [5.74, 6) is -0.362. The van der Waals surface area contributed by atoms with E-state index in [4.69, 9.17) is 23.2 Å². The molecule has 0 amide bonds. The zero-order valence-corrected chi connectivity index (χ0v) is 12.8. The lowest BCUT2D eigenvalue weighted by molar-refractivity contribution is 0.177. The maximum absolute atomic E-state index is 13.7. The number of hydrogen-bond donors (Lipinski definition) is 1. The molecule has 0 aromatic heterocycles. The summed E-state index contributed by atoms with van der Waals surface area (Å²) in [5.41, 5.74) is 0.968. The van der Waals surface area contributed by atoms with E-state index in [1.165, 1.54) is 6.07 Å². The van der Waals surface area contributed by atoms with Crippen molar-refractivity contribution >= 4 is 39.1 Å². The van der Waals surface area contributed by atoms with E-state index in [0.29, 0.717) is 25.6 Å². The summed E-state index contributed by atoms with van der Waals surface area (Å²) in [6, 6.07) is 9.57. The van der Waals surface area contributed by atoms with Gasteiger partial charge in [-0.3, -0.25) is 0 Å². The summed E-state index contributed by atoms with van der Waals surface area (Å²) < 4.78 is 14.4. The summed E-state index contributed by atoms with van der Waals surface area (Å²) in [4.78, 5) is 0. The van der Waals surface area contributed by atoms with Crippen LogP contribution in [0.5, 0.6) is 0 Å². The molecule has 0 aliphatic heterocycles. The highest BCUT2D eigenvalue weighted by Gasteiger charge is 2.15. The Bertz CT molecular complexity index is 604. The van der Waals surface area contributed by atoms with Crippen molar-refractivity contribution in [2.45, 2.75) is 12.5 Å². The Morgan fingerprint density at radius 1 is 1.16 bits per heavy atom. The van der Waals surface area contributed by atoms with Crippen LogP contribution in [0.1, 0.15) is 17.2 Å². The quantitative estimate of drug-likeness (QED) is 0.797. The van der Waals surface area contributed by atoms with Gasteiger partial charge in [-0.1, -0.05) is 51.3 Å². The monoisotopic (exact) mass is 362 g/mol. The Balaban J connectivity index is 2.23. The molecule has 19 heavy (non-hydrogen) atoms. The molecule has 0 bridgehead atoms. The maximum atomic E-state index is 13.7. The van der Waals surface area contributed by atoms with Gasteiger partial charge in [0.15, 0.2) is 0 Å². The fraction of sp³-hybridized carbons (Fsp3) is 0.143. The lowest BCUT2D eigenvalue weighted by atomic mass is 10.0. The molecular formula is C14H10BrCl2FO. The van der Waals surface area contributed by atoms with Gasteiger partial charge in [0.05, 0.1) is 6.10 Å². The van der Waals surface area contributed by atoms with Crippen molar-refractivity contribution in [2.24, 2.45) is 0 Å². The fourth-order valence-corrected chi connectivity index (χ4v) is 2.64. The summed E-state index contributed by atoms with van der Waals surface area (Å²) in [6.45, 7) is 0. The van der Waals surface area contributed by atoms with E-state index < -0.39 is 6.10 Å². The number of aliphatic hydroxyl groups is 1. The molecule has 0 aliphatic carbocycles. The molecule has 2 rings (SSSR count). The van der Waals surface area contributed by atoms with Crippen LogP contribution in [-0.2, 0) is 6.42 Å². The van der Waals surface area contributed by atoms with E-state index >= 15 is 0 Å². The van der Waals surface area contributed by atoms with Gasteiger partial charge in [0, 0.05) is 20.9 Å². The van der Waals surface area contributed by atoms with Crippen LogP contribution in [0.2, 0.25) is 10.0 Å². The topological polar surface area (TPSA) is 20.2 Å². The molecule has 0 aliphatic rings. The Labute approximate surface area is 129 Å². The highest BCUT2D eigenvalue weighted by Crippen LogP contribution is 2.29. The minimum Gasteiger partial charge on any atom is -0.388 e. The molecule has 0 spiro atoms. The predicted octanol–water partition coefficient (Wildman–Crippen LogP) is 5.17. The Morgan fingerprint density at radius 2 is 1.89 bits per heavy atom. The third-order valence-corrected chi connectivity index (χ3v) is 3.81. The van der Waals surface area contributed by atoms with Crippen LogP contribution in [0, 0.1) is 5.82 Å². The Hall–Kier alpha value is -0.610. The zero-order chi connectivity index (χ0) is 14.0. The molecule has 2 aromatic carbocycles. The predicted molar refractivity (Wildman–Crippen MR) is 79.2 cm³/mol. The second-order valence-corrected chi connectivity index (χ2v) is 5.88. The van der Waals surface area contributed by atoms with Crippen molar-refractivity contribution in [3.8, 4) is 0 Å². The molecule has 1 nitrogen and oxygen atoms in total. The molecule has 1 atom stereocenters. The second kappa shape index (κ2) is 6.23. The van der Waals surface area contributed by atoms with Crippen molar-refractivity contribution in [2.75, 3.05) is 0 Å². The van der Waals surface area contributed by atoms with Gasteiger partial charge in [-0.15, -0.1) is 0 Å². The molecule has 1 unspecified atom stereocenters. The number of aliphatic hydroxyl groups excluding tert-OH is 1. The first-order valence-corrected chi connectivity index (χ1v) is 7.09. The molecular weight excluding hydrogens is 354 g/mol. The first kappa shape index (κ1) is 14.8. The Kier molecular flexibility index (Phi) is 4.85. The number of benzene rings is 2. The third-order valence-electron chi connectivity index (χ3n) is 2.75. The van der Waals surface area contributed by atoms with Gasteiger partial charge < -0.3 is 5.11 Å². The molecule has 2 aromatic rings. The molecule has 0 radical (unpaired) electrons. The molecule has 0 saturated heterocycles. The molecule has 100 valence electrons. The van der Waals surface area contributed by atoms with Crippen LogP contribution in [0.3, 0.4) is 0 Å². The van der Waals surface area contributed by atoms with Crippen LogP contribution in [0.15, 0.2) is 40.9 Å². The van der Waals surface area contributed by atoms with Gasteiger partial charge in [-0.25, -0.2) is 4.39 Å². The van der Waals surface area contributed by atoms with E-state index in [-0.39, 0.29) is 12.2 Å². The largest absolute Gasteiger partial charge is 0.388 e. The molecule has 0 saturated carbocycles. The minimum absolute atomic E-state index is 0.153. The first-order chi connectivity index (χ1) is 8.97. The minimum atomic E-state index is -0.875. The standard InChI is InChI=1S/C14H10BrCl2FO/c15-9-2-1-8(13(18)6-9)5-14(19)11-4-3-10(16)7-12(11)17/h1-4,6-7,14,19H,5H2. The molecule has 1 N–H and O–H groups in total. The summed E-state index contributed by atoms with van der Waals surface area (Å²) in [7, 11) is 0. The van der Waals surface area contributed by atoms with Gasteiger partial charge >= 0.3 is 0 Å². The lowest BCUT2D eigenvalue weighted by Crippen LogP contribution is -2.04. The average Bonchev–Trinajstić information content (AvgIpc) is 2.32. The normalized spacial score (nSPS) is 12.5. The van der Waals surface area contributed by atoms with Gasteiger partial charge in [0.2, 0.25) is 0 Å². The highest BCUT2D eigenvalue weighted by molar-refractivity contribution is 9.10. The third kappa shape index (κ3) is 3.69. The highest BCUT2D eigenvalue weighted by atomic mass is 79.9. The number of hydrogen-bond acceptors (Lipinski definition) is 1. The lowest BCUT2D eigenvalue weighted by Gasteiger charge is -2.13. The summed E-state index contributed by atoms with van der Waals surface area (Å²) in [5, 5.41) is 11.0. The number of halogens is 4. The van der Waals surface area contributed by atoms with Gasteiger partial charge in [-0.2, -0.15) is 0 Å². The van der Waals surface area contributed by atoms with Crippen LogP contribution in [0.4, 0.5) is 4.39 Å². The summed E-state index contributed by atoms with van der Waals surface area (Å²) in [6.07, 6.45) is -0.721. The SMILES string of the molecule is OC(Cc1ccc(Br)cc1F)c1ccc(Cl)cc1Cl. The Morgan fingerprint density at radius 3 is 2.53 bits per heavy atom. The van der Waals surface area contributed by atoms with Crippen LogP contribution < -0.4 is 0 Å². The first-order valence-electron chi connectivity index (χ1n) is 5.54. The van der Waals surface area contributed by atoms with Crippen LogP contribution in [0.25, 0.3) is 0 Å². The number of rotatable bonds is 3. The molecule has 0 heterocycles. The van der Waals surface area contributed by atoms with Crippen molar-refractivity contribution in [3.63, 3.8) is 0 Å². The fourth-order valence-electron chi connectivity index (χ4n) is 1.78. The smallest absolute Gasteiger partial charge is 0.127 e. The van der Waals surface area contributed by atoms with E-state index in [0.717, 1.165) is 0 Å². The van der Waals surface area contributed by atoms with Gasteiger partial charge in [-0.05, 0) is 35.4 Å². The van der Waals surface area contributed by atoms with E-state index in [2.05, 4.69) is 15.9 Å². The van der Waals surface area contributed by atoms with E-state index in [1.807, 2.05) is 0 Å². The van der Waals surface area contributed by atoms with Gasteiger partial charge in [0.1, 0.15) is 5.82 Å². The van der Waals surface area contributed by atoms with Crippen molar-refractivity contribution in [3.05, 3.63) is 67.9 Å². The van der Waals surface area contributed by atoms with E-state index in [9.17, 15) is 9.50 Å². The van der Waals surface area contributed by atoms with Gasteiger partial charge in [0.25, 0.3) is 0 Å². The molecule has 0 fully saturated rings. The van der Waals surface area contributed by atoms with Crippen molar-refractivity contribution in [1.82, 2.24) is 0 Å². The van der Waals surface area contributed by atoms with Crippen molar-refractivity contribution < 1.29 is 9.50 Å². The maximum Gasteiger partial charge on any atom is 0.127 e. The zero-order valence-electron chi connectivity index (χ0n) is 9.71. The second-order valence-electron chi connectivity index (χ2n) is 4.12. The van der Waals surface area contributed by atoms with Crippen molar-refractivity contribution in [1.29, 1.82) is 0 Å². The van der Waals surface area contributed by atoms with Crippen LogP contribution in [-0.4, -0.2) is 5.11 Å². The molecule has 5 heteroatoms.